The fourth-order valence-corrected chi connectivity index (χ4v) is 1.72. The van der Waals surface area contributed by atoms with Crippen molar-refractivity contribution < 1.29 is 41.4 Å². The van der Waals surface area contributed by atoms with E-state index in [9.17, 15) is 31.1 Å². The number of carboxylic acids is 1. The molecule has 2 N–H and O–H groups in total. The number of aliphatic hydroxyl groups excluding tert-OH is 1. The summed E-state index contributed by atoms with van der Waals surface area (Å²) in [6, 6.07) is 0.561. The standard InChI is InChI=1S/C11H8F6O3/c1-4-2-5(8(18)9(19)20)3-6(10(12,13)14)7(4)11(15,16)17/h2-3,8,18H,1H3,(H,19,20). The predicted octanol–water partition coefficient (Wildman–Crippen LogP) is 3.15. The predicted molar refractivity (Wildman–Crippen MR) is 53.8 cm³/mol. The van der Waals surface area contributed by atoms with Crippen molar-refractivity contribution in [2.75, 3.05) is 0 Å². The second-order valence-electron chi connectivity index (χ2n) is 4.00. The lowest BCUT2D eigenvalue weighted by molar-refractivity contribution is -0.162. The van der Waals surface area contributed by atoms with Crippen molar-refractivity contribution in [3.05, 3.63) is 34.4 Å². The molecule has 0 saturated carbocycles. The number of halogens is 6. The van der Waals surface area contributed by atoms with Crippen molar-refractivity contribution in [1.29, 1.82) is 0 Å². The Kier molecular flexibility index (Phi) is 4.04. The van der Waals surface area contributed by atoms with E-state index >= 15 is 0 Å². The maximum Gasteiger partial charge on any atom is 0.417 e. The summed E-state index contributed by atoms with van der Waals surface area (Å²) >= 11 is 0. The minimum Gasteiger partial charge on any atom is -0.479 e. The molecule has 20 heavy (non-hydrogen) atoms. The SMILES string of the molecule is Cc1cc(C(O)C(=O)O)cc(C(F)(F)F)c1C(F)(F)F. The third-order valence-corrected chi connectivity index (χ3v) is 2.50. The van der Waals surface area contributed by atoms with Crippen LogP contribution >= 0.6 is 0 Å². The second-order valence-corrected chi connectivity index (χ2v) is 4.00. The maximum absolute atomic E-state index is 12.7. The highest BCUT2D eigenvalue weighted by Gasteiger charge is 2.44. The number of aliphatic hydroxyl groups is 1. The number of benzene rings is 1. The average molecular weight is 302 g/mol. The first kappa shape index (κ1) is 16.3. The van der Waals surface area contributed by atoms with Gasteiger partial charge in [-0.2, -0.15) is 26.3 Å². The zero-order valence-electron chi connectivity index (χ0n) is 9.80. The Balaban J connectivity index is 3.62. The number of carbonyl (C=O) groups is 1. The molecule has 0 aliphatic rings. The van der Waals surface area contributed by atoms with Crippen LogP contribution in [0.1, 0.15) is 28.4 Å². The number of carboxylic acid groups (broad SMARTS) is 1. The third-order valence-electron chi connectivity index (χ3n) is 2.50. The molecule has 1 rings (SSSR count). The molecule has 0 fully saturated rings. The number of aryl methyl sites for hydroxylation is 1. The van der Waals surface area contributed by atoms with Crippen molar-refractivity contribution in [3.63, 3.8) is 0 Å². The summed E-state index contributed by atoms with van der Waals surface area (Å²) in [5.74, 6) is -1.86. The lowest BCUT2D eigenvalue weighted by Gasteiger charge is -2.20. The highest BCUT2D eigenvalue weighted by atomic mass is 19.4. The highest BCUT2D eigenvalue weighted by molar-refractivity contribution is 5.74. The van der Waals surface area contributed by atoms with Crippen LogP contribution in [0.2, 0.25) is 0 Å². The first-order valence-corrected chi connectivity index (χ1v) is 5.05. The molecule has 1 aromatic rings. The molecule has 3 nitrogen and oxygen atoms in total. The van der Waals surface area contributed by atoms with Crippen molar-refractivity contribution in [3.8, 4) is 0 Å². The zero-order valence-corrected chi connectivity index (χ0v) is 9.80. The molecule has 0 spiro atoms. The van der Waals surface area contributed by atoms with Gasteiger partial charge in [-0.1, -0.05) is 6.07 Å². The van der Waals surface area contributed by atoms with Crippen molar-refractivity contribution in [1.82, 2.24) is 0 Å². The van der Waals surface area contributed by atoms with Gasteiger partial charge in [0.25, 0.3) is 0 Å². The summed E-state index contributed by atoms with van der Waals surface area (Å²) in [7, 11) is 0. The molecule has 0 bridgehead atoms. The number of rotatable bonds is 2. The lowest BCUT2D eigenvalue weighted by Crippen LogP contribution is -2.20. The van der Waals surface area contributed by atoms with Crippen LogP contribution in [-0.4, -0.2) is 16.2 Å². The van der Waals surface area contributed by atoms with Crippen LogP contribution in [0.3, 0.4) is 0 Å². The minimum atomic E-state index is -5.33. The van der Waals surface area contributed by atoms with E-state index in [1.807, 2.05) is 0 Å². The van der Waals surface area contributed by atoms with E-state index in [4.69, 9.17) is 10.2 Å². The van der Waals surface area contributed by atoms with E-state index < -0.39 is 46.7 Å². The van der Waals surface area contributed by atoms with Crippen LogP contribution in [0.4, 0.5) is 26.3 Å². The molecule has 0 aromatic heterocycles. The van der Waals surface area contributed by atoms with Gasteiger partial charge in [0.15, 0.2) is 6.10 Å². The summed E-state index contributed by atoms with van der Waals surface area (Å²) in [5.41, 5.74) is -5.51. The fourth-order valence-electron chi connectivity index (χ4n) is 1.72. The first-order valence-electron chi connectivity index (χ1n) is 5.05. The molecule has 9 heteroatoms. The zero-order chi connectivity index (χ0) is 15.9. The Morgan fingerprint density at radius 2 is 1.60 bits per heavy atom. The highest BCUT2D eigenvalue weighted by Crippen LogP contribution is 2.43. The van der Waals surface area contributed by atoms with Crippen molar-refractivity contribution in [2.45, 2.75) is 25.4 Å². The van der Waals surface area contributed by atoms with Crippen LogP contribution in [0.15, 0.2) is 12.1 Å². The van der Waals surface area contributed by atoms with Gasteiger partial charge in [0.05, 0.1) is 11.1 Å². The van der Waals surface area contributed by atoms with E-state index in [1.54, 1.807) is 0 Å². The van der Waals surface area contributed by atoms with Crippen LogP contribution in [0.25, 0.3) is 0 Å². The van der Waals surface area contributed by atoms with Gasteiger partial charge in [-0.25, -0.2) is 4.79 Å². The van der Waals surface area contributed by atoms with Gasteiger partial charge in [-0.3, -0.25) is 0 Å². The first-order chi connectivity index (χ1) is 8.85. The van der Waals surface area contributed by atoms with E-state index in [0.29, 0.717) is 6.07 Å². The normalized spacial score (nSPS) is 14.2. The minimum absolute atomic E-state index is 0.00535. The second kappa shape index (κ2) is 4.97. The van der Waals surface area contributed by atoms with Gasteiger partial charge in [0.1, 0.15) is 0 Å². The molecule has 112 valence electrons. The summed E-state index contributed by atoms with van der Waals surface area (Å²) in [5, 5.41) is 17.7. The molecule has 0 aliphatic carbocycles. The smallest absolute Gasteiger partial charge is 0.417 e. The Morgan fingerprint density at radius 1 is 1.10 bits per heavy atom. The summed E-state index contributed by atoms with van der Waals surface area (Å²) in [6.45, 7) is 0.760. The van der Waals surface area contributed by atoms with Crippen LogP contribution in [0, 0.1) is 6.92 Å². The monoisotopic (exact) mass is 302 g/mol. The van der Waals surface area contributed by atoms with E-state index in [-0.39, 0.29) is 6.07 Å². The quantitative estimate of drug-likeness (QED) is 0.825. The van der Waals surface area contributed by atoms with Gasteiger partial charge in [-0.15, -0.1) is 0 Å². The van der Waals surface area contributed by atoms with Crippen molar-refractivity contribution >= 4 is 5.97 Å². The molecule has 0 aliphatic heterocycles. The Hall–Kier alpha value is -1.77. The number of aliphatic carboxylic acids is 1. The Morgan fingerprint density at radius 3 is 1.95 bits per heavy atom. The topological polar surface area (TPSA) is 57.5 Å². The molecule has 1 atom stereocenters. The lowest BCUT2D eigenvalue weighted by atomic mass is 9.95. The van der Waals surface area contributed by atoms with Crippen molar-refractivity contribution in [2.24, 2.45) is 0 Å². The van der Waals surface area contributed by atoms with E-state index in [1.165, 1.54) is 0 Å². The van der Waals surface area contributed by atoms with E-state index in [2.05, 4.69) is 0 Å². The van der Waals surface area contributed by atoms with Gasteiger partial charge in [0, 0.05) is 0 Å². The molecular weight excluding hydrogens is 294 g/mol. The van der Waals surface area contributed by atoms with Gasteiger partial charge in [0.2, 0.25) is 0 Å². The molecule has 1 unspecified atom stereocenters. The molecule has 0 radical (unpaired) electrons. The van der Waals surface area contributed by atoms with Crippen LogP contribution in [-0.2, 0) is 17.1 Å². The Labute approximate surface area is 108 Å². The third kappa shape index (κ3) is 3.21. The molecule has 0 amide bonds. The van der Waals surface area contributed by atoms with Gasteiger partial charge >= 0.3 is 18.3 Å². The summed E-state index contributed by atoms with van der Waals surface area (Å²) in [4.78, 5) is 10.5. The summed E-state index contributed by atoms with van der Waals surface area (Å²) < 4.78 is 76.0. The Bertz CT molecular complexity index is 532. The maximum atomic E-state index is 12.7. The fraction of sp³-hybridized carbons (Fsp3) is 0.364. The van der Waals surface area contributed by atoms with Gasteiger partial charge in [-0.05, 0) is 24.1 Å². The average Bonchev–Trinajstić information content (AvgIpc) is 2.23. The largest absolute Gasteiger partial charge is 0.479 e. The molecule has 0 saturated heterocycles. The van der Waals surface area contributed by atoms with Crippen LogP contribution < -0.4 is 0 Å². The number of alkyl halides is 6. The molecule has 0 heterocycles. The van der Waals surface area contributed by atoms with E-state index in [0.717, 1.165) is 6.92 Å². The summed E-state index contributed by atoms with van der Waals surface area (Å²) in [6.07, 6.45) is -12.9. The number of hydrogen-bond acceptors (Lipinski definition) is 2. The number of hydrogen-bond donors (Lipinski definition) is 2. The molecular formula is C11H8F6O3. The van der Waals surface area contributed by atoms with Crippen LogP contribution in [0.5, 0.6) is 0 Å². The van der Waals surface area contributed by atoms with Gasteiger partial charge < -0.3 is 10.2 Å². The molecule has 1 aromatic carbocycles.